The van der Waals surface area contributed by atoms with E-state index in [1.54, 1.807) is 25.3 Å². The first kappa shape index (κ1) is 20.2. The Morgan fingerprint density at radius 1 is 1.07 bits per heavy atom. The SMILES string of the molecule is COc1ccc(CCC(C)NC(=O)/C=C/c2ccc(NC(C)=O)cc2)cc1. The molecule has 1 atom stereocenters. The van der Waals surface area contributed by atoms with Gasteiger partial charge in [0.2, 0.25) is 11.8 Å². The van der Waals surface area contributed by atoms with Gasteiger partial charge in [0.05, 0.1) is 7.11 Å². The Bertz CT molecular complexity index is 780. The fraction of sp³-hybridized carbons (Fsp3) is 0.273. The van der Waals surface area contributed by atoms with Crippen molar-refractivity contribution in [2.45, 2.75) is 32.7 Å². The van der Waals surface area contributed by atoms with Crippen molar-refractivity contribution in [2.24, 2.45) is 0 Å². The number of carbonyl (C=O) groups is 2. The van der Waals surface area contributed by atoms with Crippen LogP contribution in [-0.4, -0.2) is 25.0 Å². The van der Waals surface area contributed by atoms with Crippen LogP contribution in [0.5, 0.6) is 5.75 Å². The maximum absolute atomic E-state index is 12.1. The van der Waals surface area contributed by atoms with E-state index in [9.17, 15) is 9.59 Å². The lowest BCUT2D eigenvalue weighted by atomic mass is 10.1. The summed E-state index contributed by atoms with van der Waals surface area (Å²) in [5.74, 6) is 0.611. The van der Waals surface area contributed by atoms with Crippen LogP contribution in [0, 0.1) is 0 Å². The van der Waals surface area contributed by atoms with E-state index in [1.165, 1.54) is 18.6 Å². The molecule has 142 valence electrons. The minimum Gasteiger partial charge on any atom is -0.497 e. The fourth-order valence-electron chi connectivity index (χ4n) is 2.59. The Morgan fingerprint density at radius 3 is 2.33 bits per heavy atom. The van der Waals surface area contributed by atoms with Gasteiger partial charge in [-0.1, -0.05) is 24.3 Å². The van der Waals surface area contributed by atoms with E-state index in [4.69, 9.17) is 4.74 Å². The number of hydrogen-bond donors (Lipinski definition) is 2. The first-order valence-corrected chi connectivity index (χ1v) is 8.95. The second-order valence-corrected chi connectivity index (χ2v) is 6.43. The summed E-state index contributed by atoms with van der Waals surface area (Å²) in [6.07, 6.45) is 5.03. The van der Waals surface area contributed by atoms with Crippen molar-refractivity contribution >= 4 is 23.6 Å². The molecular formula is C22H26N2O3. The van der Waals surface area contributed by atoms with E-state index in [-0.39, 0.29) is 17.9 Å². The number of carbonyl (C=O) groups excluding carboxylic acids is 2. The minimum absolute atomic E-state index is 0.0754. The molecule has 2 aromatic carbocycles. The van der Waals surface area contributed by atoms with Gasteiger partial charge in [0, 0.05) is 24.7 Å². The van der Waals surface area contributed by atoms with Crippen LogP contribution in [0.2, 0.25) is 0 Å². The van der Waals surface area contributed by atoms with Crippen LogP contribution in [-0.2, 0) is 16.0 Å². The van der Waals surface area contributed by atoms with Crippen LogP contribution in [0.25, 0.3) is 6.08 Å². The van der Waals surface area contributed by atoms with Gasteiger partial charge in [-0.3, -0.25) is 9.59 Å². The third-order valence-electron chi connectivity index (χ3n) is 4.07. The maximum atomic E-state index is 12.1. The van der Waals surface area contributed by atoms with Gasteiger partial charge in [-0.25, -0.2) is 0 Å². The summed E-state index contributed by atoms with van der Waals surface area (Å²) >= 11 is 0. The largest absolute Gasteiger partial charge is 0.497 e. The maximum Gasteiger partial charge on any atom is 0.244 e. The van der Waals surface area contributed by atoms with Crippen LogP contribution < -0.4 is 15.4 Å². The molecule has 2 amide bonds. The number of anilines is 1. The molecule has 0 fully saturated rings. The molecule has 0 aromatic heterocycles. The summed E-state index contributed by atoms with van der Waals surface area (Å²) in [6.45, 7) is 3.46. The van der Waals surface area contributed by atoms with Gasteiger partial charge in [-0.05, 0) is 61.2 Å². The molecule has 0 aliphatic rings. The second kappa shape index (κ2) is 10.2. The molecule has 0 saturated heterocycles. The molecule has 2 aromatic rings. The van der Waals surface area contributed by atoms with E-state index in [0.717, 1.165) is 29.8 Å². The number of rotatable bonds is 8. The van der Waals surface area contributed by atoms with Gasteiger partial charge in [-0.15, -0.1) is 0 Å². The summed E-state index contributed by atoms with van der Waals surface area (Å²) in [5, 5.41) is 5.68. The lowest BCUT2D eigenvalue weighted by molar-refractivity contribution is -0.117. The van der Waals surface area contributed by atoms with Gasteiger partial charge in [0.25, 0.3) is 0 Å². The molecule has 0 aliphatic heterocycles. The highest BCUT2D eigenvalue weighted by Crippen LogP contribution is 2.13. The topological polar surface area (TPSA) is 67.4 Å². The molecule has 0 spiro atoms. The highest BCUT2D eigenvalue weighted by Gasteiger charge is 2.05. The smallest absolute Gasteiger partial charge is 0.244 e. The van der Waals surface area contributed by atoms with Crippen molar-refractivity contribution in [3.05, 3.63) is 65.7 Å². The van der Waals surface area contributed by atoms with Crippen LogP contribution in [0.15, 0.2) is 54.6 Å². The van der Waals surface area contributed by atoms with Crippen molar-refractivity contribution in [2.75, 3.05) is 12.4 Å². The Hall–Kier alpha value is -3.08. The third-order valence-corrected chi connectivity index (χ3v) is 4.07. The molecular weight excluding hydrogens is 340 g/mol. The molecule has 0 bridgehead atoms. The number of ether oxygens (including phenoxy) is 1. The molecule has 0 radical (unpaired) electrons. The van der Waals surface area contributed by atoms with Crippen molar-refractivity contribution in [1.29, 1.82) is 0 Å². The number of methoxy groups -OCH3 is 1. The molecule has 2 N–H and O–H groups in total. The summed E-state index contributed by atoms with van der Waals surface area (Å²) in [6, 6.07) is 15.3. The minimum atomic E-state index is -0.122. The average molecular weight is 366 g/mol. The van der Waals surface area contributed by atoms with E-state index < -0.39 is 0 Å². The van der Waals surface area contributed by atoms with Gasteiger partial charge in [0.15, 0.2) is 0 Å². The Balaban J connectivity index is 1.78. The van der Waals surface area contributed by atoms with Crippen molar-refractivity contribution in [1.82, 2.24) is 5.32 Å². The molecule has 0 heterocycles. The molecule has 0 aliphatic carbocycles. The molecule has 5 nitrogen and oxygen atoms in total. The highest BCUT2D eigenvalue weighted by atomic mass is 16.5. The van der Waals surface area contributed by atoms with E-state index >= 15 is 0 Å². The lowest BCUT2D eigenvalue weighted by Gasteiger charge is -2.12. The zero-order valence-electron chi connectivity index (χ0n) is 16.0. The molecule has 27 heavy (non-hydrogen) atoms. The first-order valence-electron chi connectivity index (χ1n) is 8.95. The van der Waals surface area contributed by atoms with Gasteiger partial charge in [-0.2, -0.15) is 0 Å². The van der Waals surface area contributed by atoms with Crippen molar-refractivity contribution < 1.29 is 14.3 Å². The number of hydrogen-bond acceptors (Lipinski definition) is 3. The number of amides is 2. The molecule has 1 unspecified atom stereocenters. The molecule has 5 heteroatoms. The predicted molar refractivity (Wildman–Crippen MR) is 109 cm³/mol. The van der Waals surface area contributed by atoms with Gasteiger partial charge in [0.1, 0.15) is 5.75 Å². The highest BCUT2D eigenvalue weighted by molar-refractivity contribution is 5.92. The van der Waals surface area contributed by atoms with Crippen LogP contribution >= 0.6 is 0 Å². The summed E-state index contributed by atoms with van der Waals surface area (Å²) in [7, 11) is 1.65. The monoisotopic (exact) mass is 366 g/mol. The van der Waals surface area contributed by atoms with Gasteiger partial charge < -0.3 is 15.4 Å². The summed E-state index contributed by atoms with van der Waals surface area (Å²) in [4.78, 5) is 23.1. The Kier molecular flexibility index (Phi) is 7.62. The van der Waals surface area contributed by atoms with E-state index in [2.05, 4.69) is 10.6 Å². The van der Waals surface area contributed by atoms with E-state index in [1.807, 2.05) is 43.3 Å². The number of aryl methyl sites for hydroxylation is 1. The normalized spacial score (nSPS) is 11.8. The molecule has 0 saturated carbocycles. The van der Waals surface area contributed by atoms with Crippen molar-refractivity contribution in [3.8, 4) is 5.75 Å². The van der Waals surface area contributed by atoms with Crippen molar-refractivity contribution in [3.63, 3.8) is 0 Å². The summed E-state index contributed by atoms with van der Waals surface area (Å²) in [5.41, 5.74) is 2.84. The second-order valence-electron chi connectivity index (χ2n) is 6.43. The first-order chi connectivity index (χ1) is 13.0. The third kappa shape index (κ3) is 7.36. The fourth-order valence-corrected chi connectivity index (χ4v) is 2.59. The zero-order chi connectivity index (χ0) is 19.6. The van der Waals surface area contributed by atoms with Crippen LogP contribution in [0.4, 0.5) is 5.69 Å². The van der Waals surface area contributed by atoms with Gasteiger partial charge >= 0.3 is 0 Å². The standard InChI is InChI=1S/C22H26N2O3/c1-16(4-5-18-8-13-21(27-3)14-9-18)23-22(26)15-10-19-6-11-20(12-7-19)24-17(2)25/h6-16H,4-5H2,1-3H3,(H,23,26)(H,24,25)/b15-10+. The zero-order valence-corrected chi connectivity index (χ0v) is 16.0. The Labute approximate surface area is 160 Å². The number of nitrogens with one attached hydrogen (secondary N) is 2. The van der Waals surface area contributed by atoms with Crippen LogP contribution in [0.1, 0.15) is 31.4 Å². The van der Waals surface area contributed by atoms with Crippen LogP contribution in [0.3, 0.4) is 0 Å². The average Bonchev–Trinajstić information content (AvgIpc) is 2.66. The lowest BCUT2D eigenvalue weighted by Crippen LogP contribution is -2.31. The Morgan fingerprint density at radius 2 is 1.74 bits per heavy atom. The molecule has 2 rings (SSSR count). The summed E-state index contributed by atoms with van der Waals surface area (Å²) < 4.78 is 5.15. The predicted octanol–water partition coefficient (Wildman–Crippen LogP) is 3.80. The van der Waals surface area contributed by atoms with E-state index in [0.29, 0.717) is 0 Å². The number of benzene rings is 2. The quantitative estimate of drug-likeness (QED) is 0.698.